The molecule has 0 atom stereocenters. The van der Waals surface area contributed by atoms with Crippen LogP contribution in [-0.4, -0.2) is 34.3 Å². The summed E-state index contributed by atoms with van der Waals surface area (Å²) in [6.07, 6.45) is 0. The molecule has 1 heterocycles. The van der Waals surface area contributed by atoms with Gasteiger partial charge in [0.2, 0.25) is 5.91 Å². The van der Waals surface area contributed by atoms with Crippen molar-refractivity contribution in [2.75, 3.05) is 17.6 Å². The first-order valence-corrected chi connectivity index (χ1v) is 9.72. The number of imide groups is 1. The number of nitrogens with one attached hydrogen (secondary N) is 2. The van der Waals surface area contributed by atoms with Gasteiger partial charge in [-0.15, -0.1) is 12.4 Å². The molecule has 1 aliphatic rings. The molecule has 2 N–H and O–H groups in total. The zero-order chi connectivity index (χ0) is 19.2. The first-order chi connectivity index (χ1) is 13.1. The molecule has 0 bridgehead atoms. The highest BCUT2D eigenvalue weighted by molar-refractivity contribution is 8.14. The molecule has 0 spiro atoms. The molecule has 6 nitrogen and oxygen atoms in total. The highest BCUT2D eigenvalue weighted by Crippen LogP contribution is 2.22. The molecular weight excluding hydrogens is 398 g/mol. The third-order valence-corrected chi connectivity index (χ3v) is 4.99. The minimum Gasteiger partial charge on any atom is -0.322 e. The van der Waals surface area contributed by atoms with Crippen LogP contribution in [0.2, 0.25) is 0 Å². The molecule has 1 aliphatic heterocycles. The lowest BCUT2D eigenvalue weighted by atomic mass is 10.1. The third kappa shape index (κ3) is 5.58. The van der Waals surface area contributed by atoms with E-state index < -0.39 is 0 Å². The normalized spacial score (nSPS) is 13.4. The smallest absolute Gasteiger partial charge is 0.289 e. The topological polar surface area (TPSA) is 78.5 Å². The average Bonchev–Trinajstić information content (AvgIpc) is 2.99. The predicted molar refractivity (Wildman–Crippen MR) is 114 cm³/mol. The van der Waals surface area contributed by atoms with Crippen LogP contribution in [0.4, 0.5) is 10.5 Å². The van der Waals surface area contributed by atoms with Crippen molar-refractivity contribution in [3.05, 3.63) is 65.2 Å². The SMILES string of the molecule is CCNCc1cccc(NC(=O)c2cccc(CN3C(=O)CSC3=O)c2)c1.Cl. The Bertz CT molecular complexity index is 859. The molecule has 28 heavy (non-hydrogen) atoms. The van der Waals surface area contributed by atoms with Crippen molar-refractivity contribution in [3.63, 3.8) is 0 Å². The largest absolute Gasteiger partial charge is 0.322 e. The van der Waals surface area contributed by atoms with Crippen molar-refractivity contribution in [3.8, 4) is 0 Å². The van der Waals surface area contributed by atoms with Gasteiger partial charge in [0.05, 0.1) is 12.3 Å². The zero-order valence-electron chi connectivity index (χ0n) is 15.4. The van der Waals surface area contributed by atoms with Crippen molar-refractivity contribution < 1.29 is 14.4 Å². The lowest BCUT2D eigenvalue weighted by Crippen LogP contribution is -2.28. The van der Waals surface area contributed by atoms with Gasteiger partial charge < -0.3 is 10.6 Å². The highest BCUT2D eigenvalue weighted by Gasteiger charge is 2.29. The van der Waals surface area contributed by atoms with Gasteiger partial charge in [-0.05, 0) is 41.9 Å². The van der Waals surface area contributed by atoms with E-state index in [9.17, 15) is 14.4 Å². The first kappa shape index (κ1) is 21.9. The van der Waals surface area contributed by atoms with Crippen LogP contribution in [0, 0.1) is 0 Å². The van der Waals surface area contributed by atoms with Crippen LogP contribution in [0.3, 0.4) is 0 Å². The Morgan fingerprint density at radius 3 is 2.57 bits per heavy atom. The summed E-state index contributed by atoms with van der Waals surface area (Å²) < 4.78 is 0. The van der Waals surface area contributed by atoms with Crippen LogP contribution < -0.4 is 10.6 Å². The quantitative estimate of drug-likeness (QED) is 0.715. The van der Waals surface area contributed by atoms with E-state index in [1.54, 1.807) is 24.3 Å². The van der Waals surface area contributed by atoms with E-state index in [0.717, 1.165) is 41.7 Å². The van der Waals surface area contributed by atoms with Gasteiger partial charge in [0.25, 0.3) is 11.1 Å². The predicted octanol–water partition coefficient (Wildman–Crippen LogP) is 3.67. The van der Waals surface area contributed by atoms with E-state index >= 15 is 0 Å². The van der Waals surface area contributed by atoms with E-state index in [2.05, 4.69) is 10.6 Å². The molecule has 0 aromatic heterocycles. The molecule has 3 amide bonds. The summed E-state index contributed by atoms with van der Waals surface area (Å²) in [5, 5.41) is 5.90. The Hall–Kier alpha value is -2.35. The second-order valence-electron chi connectivity index (χ2n) is 6.17. The van der Waals surface area contributed by atoms with Crippen LogP contribution in [-0.2, 0) is 17.9 Å². The fourth-order valence-electron chi connectivity index (χ4n) is 2.76. The second-order valence-corrected chi connectivity index (χ2v) is 7.10. The van der Waals surface area contributed by atoms with Crippen molar-refractivity contribution in [2.45, 2.75) is 20.0 Å². The van der Waals surface area contributed by atoms with E-state index in [-0.39, 0.29) is 41.8 Å². The fraction of sp³-hybridized carbons (Fsp3) is 0.250. The van der Waals surface area contributed by atoms with Gasteiger partial charge in [-0.1, -0.05) is 43.0 Å². The molecule has 0 saturated carbocycles. The third-order valence-electron chi connectivity index (χ3n) is 4.13. The van der Waals surface area contributed by atoms with E-state index in [0.29, 0.717) is 5.56 Å². The number of rotatable bonds is 7. The van der Waals surface area contributed by atoms with Gasteiger partial charge in [0.15, 0.2) is 0 Å². The lowest BCUT2D eigenvalue weighted by molar-refractivity contribution is -0.125. The summed E-state index contributed by atoms with van der Waals surface area (Å²) in [5.74, 6) is -0.245. The number of thioether (sulfide) groups is 1. The van der Waals surface area contributed by atoms with Gasteiger partial charge in [0, 0.05) is 17.8 Å². The average molecular weight is 420 g/mol. The summed E-state index contributed by atoms with van der Waals surface area (Å²) in [7, 11) is 0. The summed E-state index contributed by atoms with van der Waals surface area (Å²) in [4.78, 5) is 37.3. The van der Waals surface area contributed by atoms with Crippen LogP contribution >= 0.6 is 24.2 Å². The molecule has 2 aromatic carbocycles. The number of amides is 3. The number of anilines is 1. The minimum absolute atomic E-state index is 0. The monoisotopic (exact) mass is 419 g/mol. The summed E-state index contributed by atoms with van der Waals surface area (Å²) in [6, 6.07) is 14.7. The number of nitrogens with zero attached hydrogens (tertiary/aromatic N) is 1. The minimum atomic E-state index is -0.243. The molecule has 0 aliphatic carbocycles. The number of halogens is 1. The Morgan fingerprint density at radius 2 is 1.86 bits per heavy atom. The number of carbonyl (C=O) groups is 3. The summed E-state index contributed by atoms with van der Waals surface area (Å²) in [6.45, 7) is 3.85. The molecule has 0 unspecified atom stereocenters. The van der Waals surface area contributed by atoms with Gasteiger partial charge in [-0.25, -0.2) is 0 Å². The molecule has 3 rings (SSSR count). The van der Waals surface area contributed by atoms with Gasteiger partial charge in [0.1, 0.15) is 0 Å². The molecule has 148 valence electrons. The van der Waals surface area contributed by atoms with E-state index in [1.165, 1.54) is 4.90 Å². The molecule has 1 fully saturated rings. The Balaban J connectivity index is 0.00000280. The molecule has 0 radical (unpaired) electrons. The van der Waals surface area contributed by atoms with Gasteiger partial charge >= 0.3 is 0 Å². The van der Waals surface area contributed by atoms with Crippen molar-refractivity contribution in [2.24, 2.45) is 0 Å². The lowest BCUT2D eigenvalue weighted by Gasteiger charge is -2.13. The maximum absolute atomic E-state index is 12.6. The number of hydrogen-bond acceptors (Lipinski definition) is 5. The Kier molecular flexibility index (Phi) is 8.04. The second kappa shape index (κ2) is 10.3. The van der Waals surface area contributed by atoms with Crippen LogP contribution in [0.25, 0.3) is 0 Å². The maximum atomic E-state index is 12.6. The number of benzene rings is 2. The van der Waals surface area contributed by atoms with Crippen molar-refractivity contribution in [1.29, 1.82) is 0 Å². The Labute approximate surface area is 174 Å². The van der Waals surface area contributed by atoms with E-state index in [1.807, 2.05) is 31.2 Å². The van der Waals surface area contributed by atoms with E-state index in [4.69, 9.17) is 0 Å². The van der Waals surface area contributed by atoms with Crippen molar-refractivity contribution in [1.82, 2.24) is 10.2 Å². The molecule has 2 aromatic rings. The number of hydrogen-bond donors (Lipinski definition) is 2. The molecule has 1 saturated heterocycles. The molecular formula is C20H22ClN3O3S. The summed E-state index contributed by atoms with van der Waals surface area (Å²) in [5.41, 5.74) is 3.04. The van der Waals surface area contributed by atoms with Crippen LogP contribution in [0.5, 0.6) is 0 Å². The summed E-state index contributed by atoms with van der Waals surface area (Å²) >= 11 is 1.00. The zero-order valence-corrected chi connectivity index (χ0v) is 17.1. The standard InChI is InChI=1S/C20H21N3O3S.ClH/c1-2-21-11-14-5-4-8-17(10-14)22-19(25)16-7-3-6-15(9-16)12-23-18(24)13-27-20(23)26;/h3-10,21H,2,11-13H2,1H3,(H,22,25);1H. The highest BCUT2D eigenvalue weighted by atomic mass is 35.5. The van der Waals surface area contributed by atoms with Crippen molar-refractivity contribution >= 4 is 46.9 Å². The number of carbonyl (C=O) groups excluding carboxylic acids is 3. The first-order valence-electron chi connectivity index (χ1n) is 8.74. The van der Waals surface area contributed by atoms with Gasteiger partial charge in [-0.2, -0.15) is 0 Å². The van der Waals surface area contributed by atoms with Crippen LogP contribution in [0.15, 0.2) is 48.5 Å². The van der Waals surface area contributed by atoms with Crippen LogP contribution in [0.1, 0.15) is 28.4 Å². The molecule has 8 heteroatoms. The fourth-order valence-corrected chi connectivity index (χ4v) is 3.48. The van der Waals surface area contributed by atoms with Gasteiger partial charge in [-0.3, -0.25) is 19.3 Å². The maximum Gasteiger partial charge on any atom is 0.289 e. The Morgan fingerprint density at radius 1 is 1.11 bits per heavy atom.